The van der Waals surface area contributed by atoms with Crippen molar-refractivity contribution in [2.24, 2.45) is 0 Å². The van der Waals surface area contributed by atoms with Crippen LogP contribution in [0.4, 0.5) is 8.78 Å². The molecule has 0 spiro atoms. The predicted octanol–water partition coefficient (Wildman–Crippen LogP) is 4.49. The molecule has 10 heteroatoms. The highest BCUT2D eigenvalue weighted by atomic mass is 32.2. The van der Waals surface area contributed by atoms with E-state index >= 15 is 0 Å². The zero-order valence-corrected chi connectivity index (χ0v) is 19.2. The van der Waals surface area contributed by atoms with Crippen molar-refractivity contribution in [1.29, 1.82) is 0 Å². The van der Waals surface area contributed by atoms with E-state index in [-0.39, 0.29) is 28.6 Å². The number of imidazole rings is 1. The first-order valence-corrected chi connectivity index (χ1v) is 12.8. The molecule has 0 saturated heterocycles. The molecule has 2 aliphatic heterocycles. The van der Waals surface area contributed by atoms with Gasteiger partial charge in [-0.25, -0.2) is 13.4 Å². The van der Waals surface area contributed by atoms with Gasteiger partial charge in [0.1, 0.15) is 11.6 Å². The van der Waals surface area contributed by atoms with Crippen molar-refractivity contribution in [2.45, 2.75) is 30.0 Å². The average Bonchev–Trinajstić information content (AvgIpc) is 3.31. The second-order valence-electron chi connectivity index (χ2n) is 8.68. The van der Waals surface area contributed by atoms with E-state index in [1.807, 2.05) is 28.8 Å². The van der Waals surface area contributed by atoms with Crippen molar-refractivity contribution in [1.82, 2.24) is 14.9 Å². The van der Waals surface area contributed by atoms with Crippen molar-refractivity contribution >= 4 is 26.8 Å². The number of hydrogen-bond acceptors (Lipinski definition) is 5. The summed E-state index contributed by atoms with van der Waals surface area (Å²) in [6.45, 7) is -3.08. The van der Waals surface area contributed by atoms with Crippen LogP contribution in [-0.4, -0.2) is 36.7 Å². The zero-order valence-electron chi connectivity index (χ0n) is 18.4. The fraction of sp³-hybridized carbons (Fsp3) is 0.200. The normalized spacial score (nSPS) is 18.8. The number of sulfone groups is 1. The summed E-state index contributed by atoms with van der Waals surface area (Å²) in [6.07, 6.45) is 1.59. The topological polar surface area (TPSA) is 90.3 Å². The largest absolute Gasteiger partial charge is 0.434 e. The van der Waals surface area contributed by atoms with Gasteiger partial charge in [0.2, 0.25) is 0 Å². The third-order valence-electron chi connectivity index (χ3n) is 6.58. The number of alkyl halides is 2. The first-order valence-electron chi connectivity index (χ1n) is 10.9. The molecule has 1 amide bonds. The summed E-state index contributed by atoms with van der Waals surface area (Å²) in [7, 11) is -3.46. The highest BCUT2D eigenvalue weighted by Crippen LogP contribution is 2.49. The van der Waals surface area contributed by atoms with Crippen molar-refractivity contribution in [3.8, 4) is 16.9 Å². The molecule has 3 aromatic carbocycles. The minimum atomic E-state index is -3.46. The number of aromatic nitrogens is 2. The van der Waals surface area contributed by atoms with Gasteiger partial charge >= 0.3 is 6.61 Å². The standard InChI is InChI=1S/C25H19F2N3O4S/c1-35(32,33)14-8-6-13(7-9-14)21-20(34-25(26)27)11-10-15-22(21)19-12-17(29-24(15)31)23-28-16-4-2-3-5-18(16)30(19)23/h2-11,17,19,25H,12H2,1H3,(H,29,31)/t17-,19-/m1/s1. The van der Waals surface area contributed by atoms with Gasteiger partial charge in [0, 0.05) is 17.4 Å². The number of amides is 1. The molecule has 3 heterocycles. The maximum Gasteiger partial charge on any atom is 0.387 e. The highest BCUT2D eigenvalue weighted by molar-refractivity contribution is 7.90. The SMILES string of the molecule is CS(=O)(=O)c1ccc(-c2c(OC(F)F)ccc3c2[C@H]2C[C@@H](NC3=O)c3nc4ccccc4n32)cc1. The monoisotopic (exact) mass is 495 g/mol. The van der Waals surface area contributed by atoms with E-state index in [9.17, 15) is 22.0 Å². The lowest BCUT2D eigenvalue weighted by Crippen LogP contribution is -2.28. The smallest absolute Gasteiger partial charge is 0.387 e. The molecular formula is C25H19F2N3O4S. The molecule has 2 aliphatic rings. The molecule has 0 fully saturated rings. The summed E-state index contributed by atoms with van der Waals surface area (Å²) in [4.78, 5) is 18.0. The van der Waals surface area contributed by atoms with Crippen LogP contribution in [-0.2, 0) is 9.84 Å². The molecule has 6 rings (SSSR count). The molecule has 1 N–H and O–H groups in total. The van der Waals surface area contributed by atoms with E-state index < -0.39 is 16.4 Å². The Kier molecular flexibility index (Phi) is 4.72. The summed E-state index contributed by atoms with van der Waals surface area (Å²) in [5.41, 5.74) is 3.33. The molecule has 4 aromatic rings. The summed E-state index contributed by atoms with van der Waals surface area (Å²) >= 11 is 0. The number of fused-ring (bicyclic) bond motifs is 9. The molecule has 2 bridgehead atoms. The highest BCUT2D eigenvalue weighted by Gasteiger charge is 2.42. The van der Waals surface area contributed by atoms with Crippen molar-refractivity contribution < 1.29 is 26.7 Å². The van der Waals surface area contributed by atoms with Gasteiger partial charge in [-0.15, -0.1) is 0 Å². The molecule has 178 valence electrons. The van der Waals surface area contributed by atoms with Crippen molar-refractivity contribution in [3.63, 3.8) is 0 Å². The molecule has 0 radical (unpaired) electrons. The lowest BCUT2D eigenvalue weighted by atomic mass is 9.89. The number of carbonyl (C=O) groups is 1. The van der Waals surface area contributed by atoms with Crippen LogP contribution >= 0.6 is 0 Å². The molecule has 0 saturated carbocycles. The Balaban J connectivity index is 1.65. The maximum absolute atomic E-state index is 13.4. The fourth-order valence-electron chi connectivity index (χ4n) is 5.18. The maximum atomic E-state index is 13.4. The van der Waals surface area contributed by atoms with Gasteiger partial charge in [-0.1, -0.05) is 24.3 Å². The molecule has 0 unspecified atom stereocenters. The fourth-order valence-corrected chi connectivity index (χ4v) is 5.81. The summed E-state index contributed by atoms with van der Waals surface area (Å²) < 4.78 is 57.7. The quantitative estimate of drug-likeness (QED) is 0.451. The Hall–Kier alpha value is -3.79. The number of hydrogen-bond donors (Lipinski definition) is 1. The Labute approximate surface area is 199 Å². The number of ether oxygens (including phenoxy) is 1. The van der Waals surface area contributed by atoms with Crippen molar-refractivity contribution in [2.75, 3.05) is 6.26 Å². The predicted molar refractivity (Wildman–Crippen MR) is 124 cm³/mol. The van der Waals surface area contributed by atoms with Crippen LogP contribution in [0.15, 0.2) is 65.6 Å². The van der Waals surface area contributed by atoms with Gasteiger partial charge in [0.05, 0.1) is 28.0 Å². The Morgan fingerprint density at radius 2 is 1.83 bits per heavy atom. The molecular weight excluding hydrogens is 476 g/mol. The van der Waals surface area contributed by atoms with E-state index in [2.05, 4.69) is 5.32 Å². The van der Waals surface area contributed by atoms with E-state index in [1.54, 1.807) is 12.1 Å². The summed E-state index contributed by atoms with van der Waals surface area (Å²) in [5.74, 6) is 0.284. The molecule has 35 heavy (non-hydrogen) atoms. The molecule has 2 atom stereocenters. The molecule has 1 aromatic heterocycles. The van der Waals surface area contributed by atoms with Crippen LogP contribution in [0, 0.1) is 0 Å². The van der Waals surface area contributed by atoms with Gasteiger partial charge in [-0.2, -0.15) is 8.78 Å². The van der Waals surface area contributed by atoms with Gasteiger partial charge in [-0.05, 0) is 53.9 Å². The second kappa shape index (κ2) is 7.61. The minimum Gasteiger partial charge on any atom is -0.434 e. The van der Waals surface area contributed by atoms with E-state index in [1.165, 1.54) is 24.3 Å². The molecule has 7 nitrogen and oxygen atoms in total. The van der Waals surface area contributed by atoms with Crippen LogP contribution in [0.3, 0.4) is 0 Å². The Bertz CT molecular complexity index is 1610. The number of nitrogens with one attached hydrogen (secondary N) is 1. The van der Waals surface area contributed by atoms with E-state index in [0.29, 0.717) is 34.5 Å². The van der Waals surface area contributed by atoms with E-state index in [0.717, 1.165) is 17.3 Å². The number of para-hydroxylation sites is 2. The van der Waals surface area contributed by atoms with Crippen LogP contribution < -0.4 is 10.1 Å². The number of benzene rings is 3. The number of halogens is 2. The Morgan fingerprint density at radius 3 is 2.54 bits per heavy atom. The lowest BCUT2D eigenvalue weighted by molar-refractivity contribution is -0.0495. The number of rotatable bonds is 4. The average molecular weight is 496 g/mol. The first kappa shape index (κ1) is 21.7. The van der Waals surface area contributed by atoms with Crippen molar-refractivity contribution in [3.05, 3.63) is 77.6 Å². The Morgan fingerprint density at radius 1 is 1.09 bits per heavy atom. The van der Waals surface area contributed by atoms with Crippen LogP contribution in [0.5, 0.6) is 5.75 Å². The minimum absolute atomic E-state index is 0.0880. The lowest BCUT2D eigenvalue weighted by Gasteiger charge is -2.24. The van der Waals surface area contributed by atoms with E-state index in [4.69, 9.17) is 9.72 Å². The van der Waals surface area contributed by atoms with Gasteiger partial charge in [-0.3, -0.25) is 4.79 Å². The zero-order chi connectivity index (χ0) is 24.5. The van der Waals surface area contributed by atoms with Crippen LogP contribution in [0.1, 0.15) is 40.3 Å². The number of carbonyl (C=O) groups excluding carboxylic acids is 1. The third kappa shape index (κ3) is 3.39. The number of nitrogens with zero attached hydrogens (tertiary/aromatic N) is 2. The molecule has 0 aliphatic carbocycles. The third-order valence-corrected chi connectivity index (χ3v) is 7.71. The summed E-state index contributed by atoms with van der Waals surface area (Å²) in [6, 6.07) is 15.7. The van der Waals surface area contributed by atoms with Crippen LogP contribution in [0.2, 0.25) is 0 Å². The van der Waals surface area contributed by atoms with Crippen LogP contribution in [0.25, 0.3) is 22.2 Å². The van der Waals surface area contributed by atoms with Gasteiger partial charge < -0.3 is 14.6 Å². The van der Waals surface area contributed by atoms with Gasteiger partial charge in [0.15, 0.2) is 9.84 Å². The first-order chi connectivity index (χ1) is 16.7. The second-order valence-corrected chi connectivity index (χ2v) is 10.7. The summed E-state index contributed by atoms with van der Waals surface area (Å²) in [5, 5.41) is 3.02. The van der Waals surface area contributed by atoms with Gasteiger partial charge in [0.25, 0.3) is 5.91 Å².